The fourth-order valence-electron chi connectivity index (χ4n) is 2.11. The molecule has 0 spiro atoms. The number of aryl methyl sites for hydroxylation is 1. The number of nitrogens with zero attached hydrogens (tertiary/aromatic N) is 1. The number of carbonyl (C=O) groups excluding carboxylic acids is 1. The number of aromatic nitrogens is 1. The molecule has 100 valence electrons. The smallest absolute Gasteiger partial charge is 0.340 e. The van der Waals surface area contributed by atoms with Crippen LogP contribution in [0.5, 0.6) is 5.75 Å². The van der Waals surface area contributed by atoms with Gasteiger partial charge in [-0.05, 0) is 19.9 Å². The molecule has 0 aliphatic carbocycles. The lowest BCUT2D eigenvalue weighted by Crippen LogP contribution is -2.11. The number of aromatic hydroxyl groups is 1. The predicted molar refractivity (Wildman–Crippen MR) is 73.6 cm³/mol. The first-order chi connectivity index (χ1) is 9.10. The highest BCUT2D eigenvalue weighted by Crippen LogP contribution is 2.32. The van der Waals surface area contributed by atoms with Crippen LogP contribution in [-0.4, -0.2) is 29.7 Å². The number of carbonyl (C=O) groups is 1. The van der Waals surface area contributed by atoms with Gasteiger partial charge in [0, 0.05) is 12.4 Å². The normalized spacial score (nSPS) is 10.5. The maximum absolute atomic E-state index is 12.1. The highest BCUT2D eigenvalue weighted by atomic mass is 16.5. The van der Waals surface area contributed by atoms with Gasteiger partial charge < -0.3 is 15.2 Å². The molecule has 0 radical (unpaired) electrons. The number of para-hydroxylation sites is 1. The SMILES string of the molecule is CCOC(=O)c1c(NC)c(C)nc2c(O)cccc12. The van der Waals surface area contributed by atoms with Crippen LogP contribution in [0.3, 0.4) is 0 Å². The van der Waals surface area contributed by atoms with Crippen molar-refractivity contribution in [1.29, 1.82) is 0 Å². The van der Waals surface area contributed by atoms with Gasteiger partial charge in [0.25, 0.3) is 0 Å². The van der Waals surface area contributed by atoms with Crippen LogP contribution < -0.4 is 5.32 Å². The Kier molecular flexibility index (Phi) is 3.55. The van der Waals surface area contributed by atoms with E-state index in [9.17, 15) is 9.90 Å². The van der Waals surface area contributed by atoms with Crippen LogP contribution in [0, 0.1) is 6.92 Å². The Hall–Kier alpha value is -2.30. The molecule has 0 saturated heterocycles. The molecule has 2 rings (SSSR count). The van der Waals surface area contributed by atoms with E-state index in [1.807, 2.05) is 0 Å². The van der Waals surface area contributed by atoms with Gasteiger partial charge in [-0.3, -0.25) is 0 Å². The van der Waals surface area contributed by atoms with E-state index in [0.717, 1.165) is 0 Å². The fraction of sp³-hybridized carbons (Fsp3) is 0.286. The largest absolute Gasteiger partial charge is 0.506 e. The van der Waals surface area contributed by atoms with Crippen LogP contribution in [0.25, 0.3) is 10.9 Å². The van der Waals surface area contributed by atoms with E-state index >= 15 is 0 Å². The van der Waals surface area contributed by atoms with E-state index in [1.165, 1.54) is 0 Å². The van der Waals surface area contributed by atoms with Crippen molar-refractivity contribution in [2.24, 2.45) is 0 Å². The summed E-state index contributed by atoms with van der Waals surface area (Å²) in [5.41, 5.74) is 2.07. The van der Waals surface area contributed by atoms with Gasteiger partial charge in [-0.15, -0.1) is 0 Å². The summed E-state index contributed by atoms with van der Waals surface area (Å²) in [5, 5.41) is 13.4. The average molecular weight is 260 g/mol. The minimum Gasteiger partial charge on any atom is -0.506 e. The van der Waals surface area contributed by atoms with Crippen LogP contribution >= 0.6 is 0 Å². The molecule has 5 heteroatoms. The fourth-order valence-corrected chi connectivity index (χ4v) is 2.11. The number of hydrogen-bond acceptors (Lipinski definition) is 5. The Bertz CT molecular complexity index is 638. The number of esters is 1. The van der Waals surface area contributed by atoms with Gasteiger partial charge in [0.1, 0.15) is 11.3 Å². The molecule has 0 amide bonds. The number of ether oxygens (including phenoxy) is 1. The molecule has 2 N–H and O–H groups in total. The summed E-state index contributed by atoms with van der Waals surface area (Å²) in [6.07, 6.45) is 0. The van der Waals surface area contributed by atoms with E-state index in [4.69, 9.17) is 4.74 Å². The Morgan fingerprint density at radius 3 is 2.84 bits per heavy atom. The highest BCUT2D eigenvalue weighted by molar-refractivity contribution is 6.09. The lowest BCUT2D eigenvalue weighted by Gasteiger charge is -2.14. The monoisotopic (exact) mass is 260 g/mol. The molecular weight excluding hydrogens is 244 g/mol. The maximum Gasteiger partial charge on any atom is 0.340 e. The molecule has 0 aliphatic heterocycles. The number of benzene rings is 1. The molecule has 0 fully saturated rings. The van der Waals surface area contributed by atoms with Gasteiger partial charge in [-0.2, -0.15) is 0 Å². The average Bonchev–Trinajstić information content (AvgIpc) is 2.38. The first-order valence-electron chi connectivity index (χ1n) is 6.07. The van der Waals surface area contributed by atoms with Crippen LogP contribution in [0.2, 0.25) is 0 Å². The van der Waals surface area contributed by atoms with Crippen molar-refractivity contribution in [2.75, 3.05) is 19.0 Å². The van der Waals surface area contributed by atoms with Crippen LogP contribution in [0.4, 0.5) is 5.69 Å². The van der Waals surface area contributed by atoms with E-state index in [-0.39, 0.29) is 5.75 Å². The third-order valence-corrected chi connectivity index (χ3v) is 2.90. The van der Waals surface area contributed by atoms with Crippen molar-refractivity contribution in [1.82, 2.24) is 4.98 Å². The maximum atomic E-state index is 12.1. The standard InChI is InChI=1S/C14H16N2O3/c1-4-19-14(18)11-9-6-5-7-10(17)13(9)16-8(2)12(11)15-3/h5-7,15,17H,4H2,1-3H3. The quantitative estimate of drug-likeness (QED) is 0.829. The predicted octanol–water partition coefficient (Wildman–Crippen LogP) is 2.47. The zero-order valence-electron chi connectivity index (χ0n) is 11.2. The van der Waals surface area contributed by atoms with Gasteiger partial charge in [-0.25, -0.2) is 9.78 Å². The molecule has 0 bridgehead atoms. The summed E-state index contributed by atoms with van der Waals surface area (Å²) in [5.74, 6) is -0.373. The van der Waals surface area contributed by atoms with E-state index in [0.29, 0.717) is 34.5 Å². The second kappa shape index (κ2) is 5.14. The summed E-state index contributed by atoms with van der Waals surface area (Å²) in [6, 6.07) is 4.97. The number of rotatable bonds is 3. The number of phenolic OH excluding ortho intramolecular Hbond substituents is 1. The highest BCUT2D eigenvalue weighted by Gasteiger charge is 2.20. The summed E-state index contributed by atoms with van der Waals surface area (Å²) >= 11 is 0. The van der Waals surface area contributed by atoms with E-state index in [2.05, 4.69) is 10.3 Å². The van der Waals surface area contributed by atoms with Gasteiger partial charge in [0.2, 0.25) is 0 Å². The molecule has 0 atom stereocenters. The number of phenols is 1. The summed E-state index contributed by atoms with van der Waals surface area (Å²) in [6.45, 7) is 3.83. The van der Waals surface area contributed by atoms with Crippen LogP contribution in [0.1, 0.15) is 23.0 Å². The van der Waals surface area contributed by atoms with Crippen molar-refractivity contribution in [3.63, 3.8) is 0 Å². The van der Waals surface area contributed by atoms with Crippen LogP contribution in [-0.2, 0) is 4.74 Å². The molecule has 2 aromatic rings. The third kappa shape index (κ3) is 2.19. The third-order valence-electron chi connectivity index (χ3n) is 2.90. The second-order valence-electron chi connectivity index (χ2n) is 4.09. The van der Waals surface area contributed by atoms with Gasteiger partial charge >= 0.3 is 5.97 Å². The molecular formula is C14H16N2O3. The zero-order chi connectivity index (χ0) is 14.0. The number of anilines is 1. The lowest BCUT2D eigenvalue weighted by molar-refractivity contribution is 0.0529. The molecule has 1 aromatic carbocycles. The van der Waals surface area contributed by atoms with Crippen molar-refractivity contribution >= 4 is 22.6 Å². The summed E-state index contributed by atoms with van der Waals surface area (Å²) in [7, 11) is 1.72. The van der Waals surface area contributed by atoms with Crippen molar-refractivity contribution in [3.8, 4) is 5.75 Å². The molecule has 1 aromatic heterocycles. The molecule has 0 unspecified atom stereocenters. The van der Waals surface area contributed by atoms with Gasteiger partial charge in [0.05, 0.1) is 23.6 Å². The Balaban J connectivity index is 2.83. The Morgan fingerprint density at radius 2 is 2.21 bits per heavy atom. The Labute approximate surface area is 111 Å². The lowest BCUT2D eigenvalue weighted by atomic mass is 10.0. The van der Waals surface area contributed by atoms with Gasteiger partial charge in [0.15, 0.2) is 0 Å². The first kappa shape index (κ1) is 13.1. The number of hydrogen-bond donors (Lipinski definition) is 2. The first-order valence-corrected chi connectivity index (χ1v) is 6.07. The number of pyridine rings is 1. The molecule has 0 aliphatic rings. The minimum absolute atomic E-state index is 0.0498. The molecule has 19 heavy (non-hydrogen) atoms. The number of fused-ring (bicyclic) bond motifs is 1. The summed E-state index contributed by atoms with van der Waals surface area (Å²) < 4.78 is 5.09. The van der Waals surface area contributed by atoms with Crippen molar-refractivity contribution in [3.05, 3.63) is 29.5 Å². The minimum atomic E-state index is -0.423. The van der Waals surface area contributed by atoms with E-state index in [1.54, 1.807) is 39.1 Å². The Morgan fingerprint density at radius 1 is 1.47 bits per heavy atom. The second-order valence-corrected chi connectivity index (χ2v) is 4.09. The molecule has 0 saturated carbocycles. The topological polar surface area (TPSA) is 71.5 Å². The number of nitrogens with one attached hydrogen (secondary N) is 1. The van der Waals surface area contributed by atoms with Crippen LogP contribution in [0.15, 0.2) is 18.2 Å². The van der Waals surface area contributed by atoms with Crippen molar-refractivity contribution < 1.29 is 14.6 Å². The van der Waals surface area contributed by atoms with Crippen molar-refractivity contribution in [2.45, 2.75) is 13.8 Å². The summed E-state index contributed by atoms with van der Waals surface area (Å²) in [4.78, 5) is 16.5. The molecule has 5 nitrogen and oxygen atoms in total. The van der Waals surface area contributed by atoms with Gasteiger partial charge in [-0.1, -0.05) is 12.1 Å². The van der Waals surface area contributed by atoms with E-state index < -0.39 is 5.97 Å². The zero-order valence-corrected chi connectivity index (χ0v) is 11.2. The molecule has 1 heterocycles.